The molecular formula is C16H15BrCl2FN. The molecule has 0 aliphatic heterocycles. The molecule has 0 saturated carbocycles. The molecule has 0 aliphatic carbocycles. The molecule has 5 heteroatoms. The fraction of sp³-hybridized carbons (Fsp3) is 0.250. The predicted octanol–water partition coefficient (Wildman–Crippen LogP) is 5.79. The van der Waals surface area contributed by atoms with Crippen molar-refractivity contribution in [2.75, 3.05) is 6.54 Å². The highest BCUT2D eigenvalue weighted by atomic mass is 79.9. The van der Waals surface area contributed by atoms with Gasteiger partial charge in [0.2, 0.25) is 0 Å². The first-order valence-electron chi connectivity index (χ1n) is 6.64. The number of hydrogen-bond acceptors (Lipinski definition) is 1. The van der Waals surface area contributed by atoms with E-state index in [2.05, 4.69) is 21.2 Å². The zero-order chi connectivity index (χ0) is 15.4. The molecule has 112 valence electrons. The largest absolute Gasteiger partial charge is 0.310 e. The van der Waals surface area contributed by atoms with Crippen molar-refractivity contribution < 1.29 is 4.39 Å². The molecule has 0 fully saturated rings. The summed E-state index contributed by atoms with van der Waals surface area (Å²) in [6, 6.07) is 10.5. The van der Waals surface area contributed by atoms with Crippen LogP contribution in [0.4, 0.5) is 4.39 Å². The summed E-state index contributed by atoms with van der Waals surface area (Å²) in [5.74, 6) is -0.404. The first-order valence-corrected chi connectivity index (χ1v) is 8.19. The first-order chi connectivity index (χ1) is 10.0. The lowest BCUT2D eigenvalue weighted by Gasteiger charge is -2.20. The van der Waals surface area contributed by atoms with Crippen LogP contribution in [-0.4, -0.2) is 6.54 Å². The third kappa shape index (κ3) is 4.19. The Morgan fingerprint density at radius 2 is 2.00 bits per heavy atom. The van der Waals surface area contributed by atoms with Gasteiger partial charge in [0, 0.05) is 15.5 Å². The second-order valence-corrected chi connectivity index (χ2v) is 6.39. The van der Waals surface area contributed by atoms with Gasteiger partial charge in [-0.15, -0.1) is 0 Å². The van der Waals surface area contributed by atoms with Crippen molar-refractivity contribution in [2.24, 2.45) is 0 Å². The van der Waals surface area contributed by atoms with Gasteiger partial charge in [-0.05, 0) is 42.3 Å². The molecule has 2 aromatic rings. The zero-order valence-electron chi connectivity index (χ0n) is 11.5. The maximum absolute atomic E-state index is 13.7. The van der Waals surface area contributed by atoms with Gasteiger partial charge in [-0.3, -0.25) is 0 Å². The summed E-state index contributed by atoms with van der Waals surface area (Å²) in [5, 5.41) is 4.18. The summed E-state index contributed by atoms with van der Waals surface area (Å²) in [6.07, 6.45) is 0.642. The quantitative estimate of drug-likeness (QED) is 0.681. The lowest BCUT2D eigenvalue weighted by molar-refractivity contribution is 0.543. The molecule has 1 N–H and O–H groups in total. The van der Waals surface area contributed by atoms with Gasteiger partial charge >= 0.3 is 0 Å². The Morgan fingerprint density at radius 1 is 1.24 bits per heavy atom. The highest BCUT2D eigenvalue weighted by molar-refractivity contribution is 9.10. The second-order valence-electron chi connectivity index (χ2n) is 4.69. The van der Waals surface area contributed by atoms with E-state index in [4.69, 9.17) is 23.2 Å². The number of hydrogen-bond donors (Lipinski definition) is 1. The number of rotatable bonds is 5. The normalized spacial score (nSPS) is 12.4. The molecule has 0 saturated heterocycles. The molecule has 0 amide bonds. The van der Waals surface area contributed by atoms with Crippen molar-refractivity contribution in [3.63, 3.8) is 0 Å². The average Bonchev–Trinajstić information content (AvgIpc) is 2.44. The van der Waals surface area contributed by atoms with E-state index in [1.807, 2.05) is 31.2 Å². The molecule has 0 spiro atoms. The first kappa shape index (κ1) is 16.8. The molecule has 2 aromatic carbocycles. The van der Waals surface area contributed by atoms with Crippen molar-refractivity contribution in [3.8, 4) is 0 Å². The van der Waals surface area contributed by atoms with Crippen molar-refractivity contribution in [1.82, 2.24) is 5.32 Å². The molecule has 1 nitrogen and oxygen atoms in total. The highest BCUT2D eigenvalue weighted by Gasteiger charge is 2.18. The van der Waals surface area contributed by atoms with E-state index < -0.39 is 5.82 Å². The zero-order valence-corrected chi connectivity index (χ0v) is 14.6. The Bertz CT molecular complexity index is 634. The number of likely N-dealkylation sites (N-methyl/N-ethyl adjacent to an activating group) is 1. The molecule has 0 aromatic heterocycles. The van der Waals surface area contributed by atoms with E-state index in [0.29, 0.717) is 11.4 Å². The SMILES string of the molecule is CCNC(Cc1ccc(Br)cc1Cl)c1cccc(F)c1Cl. The molecular weight excluding hydrogens is 376 g/mol. The molecule has 0 radical (unpaired) electrons. The van der Waals surface area contributed by atoms with Crippen molar-refractivity contribution in [2.45, 2.75) is 19.4 Å². The van der Waals surface area contributed by atoms with Gasteiger partial charge in [-0.25, -0.2) is 4.39 Å². The molecule has 2 rings (SSSR count). The van der Waals surface area contributed by atoms with Crippen LogP contribution in [-0.2, 0) is 6.42 Å². The lowest BCUT2D eigenvalue weighted by Crippen LogP contribution is -2.23. The predicted molar refractivity (Wildman–Crippen MR) is 90.7 cm³/mol. The third-order valence-electron chi connectivity index (χ3n) is 3.25. The summed E-state index contributed by atoms with van der Waals surface area (Å²) < 4.78 is 14.6. The van der Waals surface area contributed by atoms with E-state index in [9.17, 15) is 4.39 Å². The van der Waals surface area contributed by atoms with Crippen molar-refractivity contribution in [3.05, 3.63) is 67.9 Å². The van der Waals surface area contributed by atoms with Crippen LogP contribution in [0.15, 0.2) is 40.9 Å². The number of halogens is 4. The van der Waals surface area contributed by atoms with Crippen LogP contribution in [0.1, 0.15) is 24.1 Å². The molecule has 0 heterocycles. The van der Waals surface area contributed by atoms with Crippen LogP contribution in [0.2, 0.25) is 10.0 Å². The molecule has 0 bridgehead atoms. The van der Waals surface area contributed by atoms with Crippen molar-refractivity contribution in [1.29, 1.82) is 0 Å². The third-order valence-corrected chi connectivity index (χ3v) is 4.49. The Balaban J connectivity index is 2.33. The fourth-order valence-corrected chi connectivity index (χ4v) is 3.24. The fourth-order valence-electron chi connectivity index (χ4n) is 2.24. The molecule has 1 unspecified atom stereocenters. The van der Waals surface area contributed by atoms with Gasteiger partial charge in [-0.2, -0.15) is 0 Å². The Kier molecular flexibility index (Phi) is 6.06. The standard InChI is InChI=1S/C16H15BrCl2FN/c1-2-21-15(12-4-3-5-14(20)16(12)19)8-10-6-7-11(17)9-13(10)18/h3-7,9,15,21H,2,8H2,1H3. The minimum atomic E-state index is -0.404. The molecule has 21 heavy (non-hydrogen) atoms. The Hall–Kier alpha value is -0.610. The average molecular weight is 391 g/mol. The maximum Gasteiger partial charge on any atom is 0.142 e. The van der Waals surface area contributed by atoms with Crippen LogP contribution in [0, 0.1) is 5.82 Å². The minimum absolute atomic E-state index is 0.0862. The smallest absolute Gasteiger partial charge is 0.142 e. The second kappa shape index (κ2) is 7.59. The molecule has 1 atom stereocenters. The van der Waals surface area contributed by atoms with Gasteiger partial charge < -0.3 is 5.32 Å². The number of benzene rings is 2. The van der Waals surface area contributed by atoms with Gasteiger partial charge in [0.15, 0.2) is 0 Å². The summed E-state index contributed by atoms with van der Waals surface area (Å²) >= 11 is 15.8. The Labute approximate surface area is 142 Å². The topological polar surface area (TPSA) is 12.0 Å². The van der Waals surface area contributed by atoms with Crippen molar-refractivity contribution >= 4 is 39.1 Å². The van der Waals surface area contributed by atoms with E-state index in [1.165, 1.54) is 6.07 Å². The molecule has 0 aliphatic rings. The van der Waals surface area contributed by atoms with Crippen LogP contribution >= 0.6 is 39.1 Å². The van der Waals surface area contributed by atoms with Crippen LogP contribution in [0.3, 0.4) is 0 Å². The summed E-state index contributed by atoms with van der Waals surface area (Å²) in [6.45, 7) is 2.76. The van der Waals surface area contributed by atoms with Crippen LogP contribution < -0.4 is 5.32 Å². The monoisotopic (exact) mass is 389 g/mol. The van der Waals surface area contributed by atoms with Crippen LogP contribution in [0.5, 0.6) is 0 Å². The van der Waals surface area contributed by atoms with E-state index in [1.54, 1.807) is 6.07 Å². The van der Waals surface area contributed by atoms with Crippen LogP contribution in [0.25, 0.3) is 0 Å². The van der Waals surface area contributed by atoms with Gasteiger partial charge in [-0.1, -0.05) is 64.3 Å². The minimum Gasteiger partial charge on any atom is -0.310 e. The summed E-state index contributed by atoms with van der Waals surface area (Å²) in [4.78, 5) is 0. The summed E-state index contributed by atoms with van der Waals surface area (Å²) in [7, 11) is 0. The lowest BCUT2D eigenvalue weighted by atomic mass is 9.98. The van der Waals surface area contributed by atoms with E-state index in [0.717, 1.165) is 22.1 Å². The van der Waals surface area contributed by atoms with Gasteiger partial charge in [0.25, 0.3) is 0 Å². The van der Waals surface area contributed by atoms with E-state index in [-0.39, 0.29) is 11.1 Å². The maximum atomic E-state index is 13.7. The highest BCUT2D eigenvalue weighted by Crippen LogP contribution is 2.30. The number of nitrogens with one attached hydrogen (secondary N) is 1. The van der Waals surface area contributed by atoms with Gasteiger partial charge in [0.1, 0.15) is 5.82 Å². The van der Waals surface area contributed by atoms with E-state index >= 15 is 0 Å². The summed E-state index contributed by atoms with van der Waals surface area (Å²) in [5.41, 5.74) is 1.74. The van der Waals surface area contributed by atoms with Gasteiger partial charge in [0.05, 0.1) is 5.02 Å². The Morgan fingerprint density at radius 3 is 2.67 bits per heavy atom.